The zero-order valence-electron chi connectivity index (χ0n) is 7.70. The smallest absolute Gasteiger partial charge is 0.0600 e. The van der Waals surface area contributed by atoms with Crippen LogP contribution in [0, 0.1) is 17.8 Å². The van der Waals surface area contributed by atoms with E-state index in [0.717, 1.165) is 18.9 Å². The zero-order chi connectivity index (χ0) is 8.55. The number of fused-ring (bicyclic) bond motifs is 2. The molecular weight excluding hydrogens is 152 g/mol. The predicted octanol–water partition coefficient (Wildman–Crippen LogP) is 1.43. The molecule has 2 heteroatoms. The lowest BCUT2D eigenvalue weighted by Gasteiger charge is -2.26. The van der Waals surface area contributed by atoms with Crippen LogP contribution in [0.4, 0.5) is 0 Å². The fraction of sp³-hybridized carbons (Fsp3) is 1.00. The van der Waals surface area contributed by atoms with Crippen LogP contribution in [-0.2, 0) is 4.74 Å². The first-order valence-corrected chi connectivity index (χ1v) is 5.00. The maximum atomic E-state index is 9.85. The van der Waals surface area contributed by atoms with Crippen LogP contribution in [0.2, 0.25) is 0 Å². The summed E-state index contributed by atoms with van der Waals surface area (Å²) in [6, 6.07) is 0. The summed E-state index contributed by atoms with van der Waals surface area (Å²) in [6.45, 7) is 0.810. The van der Waals surface area contributed by atoms with Crippen molar-refractivity contribution in [2.45, 2.75) is 31.8 Å². The molecule has 70 valence electrons. The molecule has 2 bridgehead atoms. The minimum absolute atomic E-state index is 0.0149. The quantitative estimate of drug-likeness (QED) is 0.694. The van der Waals surface area contributed by atoms with Crippen LogP contribution in [0.25, 0.3) is 0 Å². The van der Waals surface area contributed by atoms with Gasteiger partial charge in [-0.05, 0) is 43.4 Å². The zero-order valence-corrected chi connectivity index (χ0v) is 7.70. The van der Waals surface area contributed by atoms with E-state index in [1.807, 2.05) is 0 Å². The van der Waals surface area contributed by atoms with Crippen LogP contribution in [-0.4, -0.2) is 24.9 Å². The lowest BCUT2D eigenvalue weighted by atomic mass is 9.84. The van der Waals surface area contributed by atoms with Crippen molar-refractivity contribution >= 4 is 0 Å². The van der Waals surface area contributed by atoms with Gasteiger partial charge < -0.3 is 9.84 Å². The Morgan fingerprint density at radius 2 is 2.08 bits per heavy atom. The van der Waals surface area contributed by atoms with Crippen LogP contribution in [0.3, 0.4) is 0 Å². The molecule has 2 rings (SSSR count). The monoisotopic (exact) mass is 170 g/mol. The third-order valence-corrected chi connectivity index (χ3v) is 3.70. The van der Waals surface area contributed by atoms with E-state index < -0.39 is 0 Å². The third kappa shape index (κ3) is 1.27. The molecule has 2 fully saturated rings. The number of hydrogen-bond donors (Lipinski definition) is 1. The second kappa shape index (κ2) is 3.35. The van der Waals surface area contributed by atoms with E-state index in [0.29, 0.717) is 11.8 Å². The van der Waals surface area contributed by atoms with E-state index in [4.69, 9.17) is 4.74 Å². The summed E-state index contributed by atoms with van der Waals surface area (Å²) in [6.07, 6.45) is 4.92. The van der Waals surface area contributed by atoms with E-state index in [-0.39, 0.29) is 6.10 Å². The van der Waals surface area contributed by atoms with E-state index in [9.17, 15) is 5.11 Å². The first kappa shape index (κ1) is 8.52. The summed E-state index contributed by atoms with van der Waals surface area (Å²) in [4.78, 5) is 0. The van der Waals surface area contributed by atoms with Gasteiger partial charge in [0.05, 0.1) is 6.10 Å². The van der Waals surface area contributed by atoms with Crippen molar-refractivity contribution < 1.29 is 9.84 Å². The highest BCUT2D eigenvalue weighted by Gasteiger charge is 2.46. The molecule has 0 spiro atoms. The summed E-state index contributed by atoms with van der Waals surface area (Å²) in [7, 11) is 1.74. The highest BCUT2D eigenvalue weighted by atomic mass is 16.5. The van der Waals surface area contributed by atoms with Crippen LogP contribution in [0.15, 0.2) is 0 Å². The number of hydrogen-bond acceptors (Lipinski definition) is 2. The van der Waals surface area contributed by atoms with Crippen molar-refractivity contribution in [3.63, 3.8) is 0 Å². The van der Waals surface area contributed by atoms with Gasteiger partial charge in [0.25, 0.3) is 0 Å². The lowest BCUT2D eigenvalue weighted by molar-refractivity contribution is 0.0401. The van der Waals surface area contributed by atoms with Gasteiger partial charge >= 0.3 is 0 Å². The molecule has 0 radical (unpaired) electrons. The Labute approximate surface area is 73.9 Å². The van der Waals surface area contributed by atoms with E-state index in [1.165, 1.54) is 19.3 Å². The van der Waals surface area contributed by atoms with E-state index in [2.05, 4.69) is 0 Å². The van der Waals surface area contributed by atoms with Gasteiger partial charge in [-0.25, -0.2) is 0 Å². The van der Waals surface area contributed by atoms with Crippen LogP contribution in [0.1, 0.15) is 25.7 Å². The second-order valence-electron chi connectivity index (χ2n) is 4.27. The molecule has 4 unspecified atom stereocenters. The molecule has 0 aromatic rings. The Morgan fingerprint density at radius 1 is 1.33 bits per heavy atom. The molecule has 2 saturated carbocycles. The second-order valence-corrected chi connectivity index (χ2v) is 4.27. The number of ether oxygens (including phenoxy) is 1. The van der Waals surface area contributed by atoms with Gasteiger partial charge in [-0.2, -0.15) is 0 Å². The normalized spacial score (nSPS) is 45.5. The minimum atomic E-state index is -0.0149. The molecule has 0 amide bonds. The summed E-state index contributed by atoms with van der Waals surface area (Å²) in [5.41, 5.74) is 0. The van der Waals surface area contributed by atoms with Gasteiger partial charge in [0.2, 0.25) is 0 Å². The maximum absolute atomic E-state index is 9.85. The molecule has 0 heterocycles. The summed E-state index contributed by atoms with van der Waals surface area (Å²) in [5, 5.41) is 9.85. The Morgan fingerprint density at radius 3 is 2.67 bits per heavy atom. The Hall–Kier alpha value is -0.0800. The van der Waals surface area contributed by atoms with Crippen LogP contribution >= 0.6 is 0 Å². The van der Waals surface area contributed by atoms with Crippen LogP contribution < -0.4 is 0 Å². The number of methoxy groups -OCH3 is 1. The van der Waals surface area contributed by atoms with Crippen molar-refractivity contribution in [1.29, 1.82) is 0 Å². The van der Waals surface area contributed by atoms with Crippen molar-refractivity contribution in [2.24, 2.45) is 17.8 Å². The van der Waals surface area contributed by atoms with Gasteiger partial charge in [-0.15, -0.1) is 0 Å². The SMILES string of the molecule is COCCC1C2CCC(C2)C1O. The lowest BCUT2D eigenvalue weighted by Crippen LogP contribution is -2.28. The highest BCUT2D eigenvalue weighted by molar-refractivity contribution is 4.96. The molecule has 4 atom stereocenters. The molecule has 12 heavy (non-hydrogen) atoms. The molecule has 2 nitrogen and oxygen atoms in total. The standard InChI is InChI=1S/C10H18O2/c1-12-5-4-9-7-2-3-8(6-7)10(9)11/h7-11H,2-6H2,1H3. The molecule has 1 N–H and O–H groups in total. The molecule has 0 aromatic heterocycles. The Kier molecular flexibility index (Phi) is 2.37. The van der Waals surface area contributed by atoms with E-state index in [1.54, 1.807) is 7.11 Å². The van der Waals surface area contributed by atoms with Gasteiger partial charge in [0, 0.05) is 13.7 Å². The Balaban J connectivity index is 1.89. The van der Waals surface area contributed by atoms with Crippen LogP contribution in [0.5, 0.6) is 0 Å². The summed E-state index contributed by atoms with van der Waals surface area (Å²) < 4.78 is 5.05. The van der Waals surface area contributed by atoms with Crippen molar-refractivity contribution in [3.05, 3.63) is 0 Å². The number of rotatable bonds is 3. The Bertz CT molecular complexity index is 156. The van der Waals surface area contributed by atoms with Gasteiger partial charge in [-0.1, -0.05) is 0 Å². The summed E-state index contributed by atoms with van der Waals surface area (Å²) in [5.74, 6) is 1.97. The average Bonchev–Trinajstić information content (AvgIpc) is 2.62. The molecule has 2 aliphatic rings. The maximum Gasteiger partial charge on any atom is 0.0600 e. The summed E-state index contributed by atoms with van der Waals surface area (Å²) >= 11 is 0. The largest absolute Gasteiger partial charge is 0.393 e. The first-order valence-electron chi connectivity index (χ1n) is 5.00. The topological polar surface area (TPSA) is 29.5 Å². The number of aliphatic hydroxyl groups is 1. The predicted molar refractivity (Wildman–Crippen MR) is 46.8 cm³/mol. The average molecular weight is 170 g/mol. The van der Waals surface area contributed by atoms with Gasteiger partial charge in [-0.3, -0.25) is 0 Å². The fourth-order valence-electron chi connectivity index (χ4n) is 3.04. The van der Waals surface area contributed by atoms with Crippen molar-refractivity contribution in [2.75, 3.05) is 13.7 Å². The minimum Gasteiger partial charge on any atom is -0.393 e. The van der Waals surface area contributed by atoms with Gasteiger partial charge in [0.15, 0.2) is 0 Å². The van der Waals surface area contributed by atoms with Crippen molar-refractivity contribution in [3.8, 4) is 0 Å². The van der Waals surface area contributed by atoms with Crippen molar-refractivity contribution in [1.82, 2.24) is 0 Å². The molecular formula is C10H18O2. The molecule has 2 aliphatic carbocycles. The number of aliphatic hydroxyl groups excluding tert-OH is 1. The van der Waals surface area contributed by atoms with Gasteiger partial charge in [0.1, 0.15) is 0 Å². The highest BCUT2D eigenvalue weighted by Crippen LogP contribution is 2.49. The molecule has 0 aliphatic heterocycles. The third-order valence-electron chi connectivity index (χ3n) is 3.70. The first-order chi connectivity index (χ1) is 5.83. The molecule has 0 saturated heterocycles. The molecule has 0 aromatic carbocycles. The van der Waals surface area contributed by atoms with E-state index >= 15 is 0 Å². The fourth-order valence-corrected chi connectivity index (χ4v) is 3.04.